The molecule has 6 nitrogen and oxygen atoms in total. The maximum Gasteiger partial charge on any atom is 0.315 e. The second-order valence-electron chi connectivity index (χ2n) is 8.34. The predicted octanol–water partition coefficient (Wildman–Crippen LogP) is 4.80. The zero-order chi connectivity index (χ0) is 24.2. The van der Waals surface area contributed by atoms with E-state index in [1.165, 1.54) is 12.1 Å². The molecule has 4 rings (SSSR count). The minimum atomic E-state index is -0.730. The average molecular weight is 466 g/mol. The van der Waals surface area contributed by atoms with Gasteiger partial charge in [-0.25, -0.2) is 4.39 Å². The van der Waals surface area contributed by atoms with Crippen LogP contribution in [0.25, 0.3) is 0 Å². The summed E-state index contributed by atoms with van der Waals surface area (Å²) >= 11 is 0. The number of rotatable bonds is 7. The second kappa shape index (κ2) is 10.1. The van der Waals surface area contributed by atoms with Gasteiger partial charge in [0.1, 0.15) is 29.8 Å². The molecule has 0 bridgehead atoms. The number of ketones is 1. The van der Waals surface area contributed by atoms with Crippen LogP contribution in [-0.2, 0) is 20.9 Å². The van der Waals surface area contributed by atoms with Gasteiger partial charge in [-0.3, -0.25) is 9.59 Å². The number of methoxy groups -OCH3 is 1. The number of allylic oxidation sites excluding steroid dienone is 2. The zero-order valence-corrected chi connectivity index (χ0v) is 19.4. The number of ether oxygens (including phenoxy) is 3. The number of carbonyl (C=O) groups is 2. The molecule has 0 amide bonds. The van der Waals surface area contributed by atoms with Crippen molar-refractivity contribution in [1.82, 2.24) is 5.32 Å². The quantitative estimate of drug-likeness (QED) is 0.592. The van der Waals surface area contributed by atoms with Crippen molar-refractivity contribution in [2.75, 3.05) is 13.7 Å². The Morgan fingerprint density at radius 1 is 1.18 bits per heavy atom. The first-order valence-corrected chi connectivity index (χ1v) is 11.4. The molecule has 1 aliphatic carbocycles. The Kier molecular flexibility index (Phi) is 7.01. The fourth-order valence-corrected chi connectivity index (χ4v) is 4.63. The summed E-state index contributed by atoms with van der Waals surface area (Å²) in [6, 6.07) is 11.4. The first kappa shape index (κ1) is 23.5. The Hall–Kier alpha value is -3.61. The number of Topliss-reactive ketones (excluding diaryl/α,β-unsaturated/α-hetero) is 1. The number of benzene rings is 2. The normalized spacial score (nSPS) is 19.9. The van der Waals surface area contributed by atoms with Crippen molar-refractivity contribution in [3.63, 3.8) is 0 Å². The van der Waals surface area contributed by atoms with E-state index >= 15 is 0 Å². The van der Waals surface area contributed by atoms with Crippen molar-refractivity contribution in [2.24, 2.45) is 5.92 Å². The van der Waals surface area contributed by atoms with Crippen molar-refractivity contribution in [3.8, 4) is 11.5 Å². The summed E-state index contributed by atoms with van der Waals surface area (Å²) in [5.41, 5.74) is 3.52. The highest BCUT2D eigenvalue weighted by molar-refractivity contribution is 6.00. The van der Waals surface area contributed by atoms with Gasteiger partial charge in [0.05, 0.1) is 13.7 Å². The number of hydrogen-bond donors (Lipinski definition) is 1. The third kappa shape index (κ3) is 4.69. The van der Waals surface area contributed by atoms with Gasteiger partial charge in [-0.2, -0.15) is 0 Å². The Morgan fingerprint density at radius 3 is 2.65 bits per heavy atom. The smallest absolute Gasteiger partial charge is 0.315 e. The van der Waals surface area contributed by atoms with Crippen molar-refractivity contribution in [1.29, 1.82) is 0 Å². The van der Waals surface area contributed by atoms with E-state index in [0.29, 0.717) is 29.2 Å². The van der Waals surface area contributed by atoms with Crippen LogP contribution in [0, 0.1) is 11.7 Å². The molecule has 2 atom stereocenters. The fourth-order valence-electron chi connectivity index (χ4n) is 4.63. The van der Waals surface area contributed by atoms with E-state index in [9.17, 15) is 14.0 Å². The number of hydrogen-bond acceptors (Lipinski definition) is 6. The SMILES string of the molecule is C=C1NC2=C(C(=O)CCC2)C(c2ccc(COc3ccc(F)cc3)c(OC)c2)C1C(=O)OCC. The van der Waals surface area contributed by atoms with Gasteiger partial charge in [0.25, 0.3) is 0 Å². The van der Waals surface area contributed by atoms with Crippen LogP contribution in [0.5, 0.6) is 11.5 Å². The summed E-state index contributed by atoms with van der Waals surface area (Å²) < 4.78 is 29.9. The molecule has 0 spiro atoms. The zero-order valence-electron chi connectivity index (χ0n) is 19.4. The Morgan fingerprint density at radius 2 is 1.94 bits per heavy atom. The van der Waals surface area contributed by atoms with Crippen LogP contribution >= 0.6 is 0 Å². The maximum atomic E-state index is 13.2. The Labute approximate surface area is 198 Å². The second-order valence-corrected chi connectivity index (χ2v) is 8.34. The van der Waals surface area contributed by atoms with Gasteiger partial charge in [-0.15, -0.1) is 0 Å². The van der Waals surface area contributed by atoms with Crippen LogP contribution in [0.4, 0.5) is 4.39 Å². The van der Waals surface area contributed by atoms with E-state index in [0.717, 1.165) is 29.7 Å². The van der Waals surface area contributed by atoms with Gasteiger partial charge in [0.2, 0.25) is 0 Å². The predicted molar refractivity (Wildman–Crippen MR) is 125 cm³/mol. The van der Waals surface area contributed by atoms with Crippen molar-refractivity contribution in [3.05, 3.63) is 83.0 Å². The van der Waals surface area contributed by atoms with E-state index in [1.54, 1.807) is 26.2 Å². The van der Waals surface area contributed by atoms with Gasteiger partial charge in [0, 0.05) is 34.9 Å². The molecule has 2 aromatic rings. The molecule has 34 heavy (non-hydrogen) atoms. The first-order chi connectivity index (χ1) is 16.4. The molecule has 0 saturated heterocycles. The summed E-state index contributed by atoms with van der Waals surface area (Å²) in [4.78, 5) is 25.9. The number of esters is 1. The molecule has 178 valence electrons. The summed E-state index contributed by atoms with van der Waals surface area (Å²) in [5.74, 6) is -0.868. The van der Waals surface area contributed by atoms with Crippen LogP contribution in [0.15, 0.2) is 66.0 Å². The number of carbonyl (C=O) groups excluding carboxylic acids is 2. The summed E-state index contributed by atoms with van der Waals surface area (Å²) in [6.07, 6.45) is 1.93. The molecular weight excluding hydrogens is 437 g/mol. The molecule has 1 heterocycles. The largest absolute Gasteiger partial charge is 0.496 e. The summed E-state index contributed by atoms with van der Waals surface area (Å²) in [5, 5.41) is 3.21. The summed E-state index contributed by atoms with van der Waals surface area (Å²) in [7, 11) is 1.56. The van der Waals surface area contributed by atoms with Crippen LogP contribution in [-0.4, -0.2) is 25.5 Å². The van der Waals surface area contributed by atoms with Gasteiger partial charge in [-0.1, -0.05) is 18.7 Å². The topological polar surface area (TPSA) is 73.9 Å². The molecule has 1 N–H and O–H groups in total. The molecule has 2 unspecified atom stereocenters. The Bertz CT molecular complexity index is 1140. The monoisotopic (exact) mass is 465 g/mol. The number of nitrogens with one attached hydrogen (secondary N) is 1. The third-order valence-corrected chi connectivity index (χ3v) is 6.21. The molecule has 0 aromatic heterocycles. The van der Waals surface area contributed by atoms with E-state index < -0.39 is 17.8 Å². The minimum absolute atomic E-state index is 0.0308. The van der Waals surface area contributed by atoms with Gasteiger partial charge in [-0.05, 0) is 55.7 Å². The highest BCUT2D eigenvalue weighted by Gasteiger charge is 2.44. The lowest BCUT2D eigenvalue weighted by Crippen LogP contribution is -2.41. The van der Waals surface area contributed by atoms with Crippen LogP contribution in [0.1, 0.15) is 43.2 Å². The van der Waals surface area contributed by atoms with Crippen LogP contribution in [0.2, 0.25) is 0 Å². The molecule has 2 aliphatic rings. The first-order valence-electron chi connectivity index (χ1n) is 11.4. The molecule has 2 aromatic carbocycles. The molecule has 7 heteroatoms. The van der Waals surface area contributed by atoms with E-state index in [-0.39, 0.29) is 24.8 Å². The van der Waals surface area contributed by atoms with Crippen molar-refractivity contribution in [2.45, 2.75) is 38.7 Å². The molecule has 0 fully saturated rings. The van der Waals surface area contributed by atoms with Crippen molar-refractivity contribution < 1.29 is 28.2 Å². The average Bonchev–Trinajstić information content (AvgIpc) is 2.83. The fraction of sp³-hybridized carbons (Fsp3) is 0.333. The lowest BCUT2D eigenvalue weighted by atomic mass is 9.71. The minimum Gasteiger partial charge on any atom is -0.496 e. The Balaban J connectivity index is 1.70. The molecular formula is C27H28FNO5. The van der Waals surface area contributed by atoms with Gasteiger partial charge < -0.3 is 19.5 Å². The molecule has 0 saturated carbocycles. The highest BCUT2D eigenvalue weighted by Crippen LogP contribution is 2.45. The van der Waals surface area contributed by atoms with Gasteiger partial charge >= 0.3 is 5.97 Å². The van der Waals surface area contributed by atoms with Gasteiger partial charge in [0.15, 0.2) is 5.78 Å². The van der Waals surface area contributed by atoms with Crippen molar-refractivity contribution >= 4 is 11.8 Å². The highest BCUT2D eigenvalue weighted by atomic mass is 19.1. The van der Waals surface area contributed by atoms with E-state index in [2.05, 4.69) is 11.9 Å². The number of halogens is 1. The molecule has 0 radical (unpaired) electrons. The lowest BCUT2D eigenvalue weighted by Gasteiger charge is -2.38. The molecule has 1 aliphatic heterocycles. The van der Waals surface area contributed by atoms with E-state index in [1.807, 2.05) is 18.2 Å². The lowest BCUT2D eigenvalue weighted by molar-refractivity contribution is -0.147. The standard InChI is InChI=1S/C27H28FNO5/c1-4-33-27(31)24-16(2)29-21-6-5-7-22(30)26(21)25(24)17-8-9-18(23(14-17)32-3)15-34-20-12-10-19(28)11-13-20/h8-14,24-25,29H,2,4-7,15H2,1,3H3. The summed E-state index contributed by atoms with van der Waals surface area (Å²) in [6.45, 7) is 6.28. The third-order valence-electron chi connectivity index (χ3n) is 6.21. The van der Waals surface area contributed by atoms with Crippen LogP contribution < -0.4 is 14.8 Å². The maximum absolute atomic E-state index is 13.2. The van der Waals surface area contributed by atoms with E-state index in [4.69, 9.17) is 14.2 Å². The van der Waals surface area contributed by atoms with Crippen LogP contribution in [0.3, 0.4) is 0 Å².